The van der Waals surface area contributed by atoms with E-state index in [0.29, 0.717) is 5.92 Å². The van der Waals surface area contributed by atoms with Gasteiger partial charge in [-0.05, 0) is 58.0 Å². The molecule has 0 aromatic heterocycles. The van der Waals surface area contributed by atoms with Crippen molar-refractivity contribution in [2.24, 2.45) is 17.1 Å². The molecule has 2 heteroatoms. The smallest absolute Gasteiger partial charge is 0.0184 e. The molecule has 2 nitrogen and oxygen atoms in total. The van der Waals surface area contributed by atoms with Gasteiger partial charge in [0, 0.05) is 11.6 Å². The van der Waals surface area contributed by atoms with Gasteiger partial charge >= 0.3 is 0 Å². The maximum Gasteiger partial charge on any atom is 0.0184 e. The minimum absolute atomic E-state index is 0.181. The molecule has 1 saturated heterocycles. The molecule has 102 valence electrons. The van der Waals surface area contributed by atoms with E-state index in [2.05, 4.69) is 46.4 Å². The molecule has 0 aliphatic carbocycles. The lowest BCUT2D eigenvalue weighted by molar-refractivity contribution is -0.00749. The van der Waals surface area contributed by atoms with E-state index in [-0.39, 0.29) is 17.0 Å². The number of piperidine rings is 1. The first-order chi connectivity index (χ1) is 7.70. The van der Waals surface area contributed by atoms with Crippen molar-refractivity contribution in [1.82, 2.24) is 4.90 Å². The number of hydrogen-bond acceptors (Lipinski definition) is 2. The van der Waals surface area contributed by atoms with E-state index in [4.69, 9.17) is 5.73 Å². The number of hydrogen-bond donors (Lipinski definition) is 1. The second-order valence-corrected chi connectivity index (χ2v) is 7.03. The monoisotopic (exact) mass is 240 g/mol. The van der Waals surface area contributed by atoms with Crippen LogP contribution in [0.2, 0.25) is 0 Å². The Morgan fingerprint density at radius 2 is 1.41 bits per heavy atom. The fourth-order valence-electron chi connectivity index (χ4n) is 3.05. The standard InChI is InChI=1S/C15H32N2/c1-12(14(3,4)13(2)16)15(5,6)17-10-8-7-9-11-17/h12-13H,7-11,16H2,1-6H3. The molecule has 0 saturated carbocycles. The average Bonchev–Trinajstić information content (AvgIpc) is 2.29. The second kappa shape index (κ2) is 5.27. The summed E-state index contributed by atoms with van der Waals surface area (Å²) in [6, 6.07) is 0.238. The molecule has 1 aliphatic heterocycles. The highest BCUT2D eigenvalue weighted by Crippen LogP contribution is 2.40. The van der Waals surface area contributed by atoms with Gasteiger partial charge < -0.3 is 5.73 Å². The van der Waals surface area contributed by atoms with Gasteiger partial charge in [-0.2, -0.15) is 0 Å². The van der Waals surface area contributed by atoms with Crippen molar-refractivity contribution in [1.29, 1.82) is 0 Å². The predicted octanol–water partition coefficient (Wildman–Crippen LogP) is 3.26. The zero-order chi connectivity index (χ0) is 13.3. The molecule has 1 fully saturated rings. The Morgan fingerprint density at radius 1 is 0.941 bits per heavy atom. The molecule has 2 atom stereocenters. The molecule has 0 radical (unpaired) electrons. The largest absolute Gasteiger partial charge is 0.327 e. The van der Waals surface area contributed by atoms with Crippen molar-refractivity contribution < 1.29 is 0 Å². The van der Waals surface area contributed by atoms with Crippen LogP contribution in [0, 0.1) is 11.3 Å². The van der Waals surface area contributed by atoms with E-state index in [1.165, 1.54) is 32.4 Å². The molecule has 2 unspecified atom stereocenters. The van der Waals surface area contributed by atoms with Gasteiger partial charge in [-0.3, -0.25) is 4.90 Å². The fraction of sp³-hybridized carbons (Fsp3) is 1.00. The van der Waals surface area contributed by atoms with E-state index in [0.717, 1.165) is 0 Å². The Balaban J connectivity index is 2.80. The van der Waals surface area contributed by atoms with Crippen LogP contribution < -0.4 is 5.73 Å². The SMILES string of the molecule is CC(N)C(C)(C)C(C)C(C)(C)N1CCCCC1. The van der Waals surface area contributed by atoms with Crippen molar-refractivity contribution in [3.8, 4) is 0 Å². The lowest BCUT2D eigenvalue weighted by Crippen LogP contribution is -2.57. The van der Waals surface area contributed by atoms with Gasteiger partial charge in [0.05, 0.1) is 0 Å². The van der Waals surface area contributed by atoms with Crippen LogP contribution in [-0.2, 0) is 0 Å². The maximum absolute atomic E-state index is 6.18. The van der Waals surface area contributed by atoms with E-state index < -0.39 is 0 Å². The second-order valence-electron chi connectivity index (χ2n) is 7.03. The van der Waals surface area contributed by atoms with Crippen molar-refractivity contribution in [3.63, 3.8) is 0 Å². The van der Waals surface area contributed by atoms with Crippen molar-refractivity contribution >= 4 is 0 Å². The lowest BCUT2D eigenvalue weighted by Gasteiger charge is -2.51. The van der Waals surface area contributed by atoms with Crippen molar-refractivity contribution in [2.45, 2.75) is 72.4 Å². The van der Waals surface area contributed by atoms with Crippen LogP contribution in [0.25, 0.3) is 0 Å². The summed E-state index contributed by atoms with van der Waals surface area (Å²) >= 11 is 0. The van der Waals surface area contributed by atoms with Crippen LogP contribution >= 0.6 is 0 Å². The molecule has 0 aromatic rings. The third-order valence-electron chi connectivity index (χ3n) is 5.52. The fourth-order valence-corrected chi connectivity index (χ4v) is 3.05. The summed E-state index contributed by atoms with van der Waals surface area (Å²) in [6.45, 7) is 16.4. The summed E-state index contributed by atoms with van der Waals surface area (Å²) in [4.78, 5) is 2.67. The summed E-state index contributed by atoms with van der Waals surface area (Å²) in [5, 5.41) is 0. The highest BCUT2D eigenvalue weighted by molar-refractivity contribution is 4.97. The van der Waals surface area contributed by atoms with Crippen LogP contribution in [0.4, 0.5) is 0 Å². The van der Waals surface area contributed by atoms with Gasteiger partial charge in [0.25, 0.3) is 0 Å². The predicted molar refractivity (Wildman–Crippen MR) is 76.1 cm³/mol. The molecule has 1 rings (SSSR count). The number of likely N-dealkylation sites (tertiary alicyclic amines) is 1. The Bertz CT molecular complexity index is 237. The zero-order valence-corrected chi connectivity index (χ0v) is 12.7. The summed E-state index contributed by atoms with van der Waals surface area (Å²) < 4.78 is 0. The first-order valence-electron chi connectivity index (χ1n) is 7.21. The molecule has 1 aliphatic rings. The highest BCUT2D eigenvalue weighted by atomic mass is 15.2. The Hall–Kier alpha value is -0.0800. The third-order valence-corrected chi connectivity index (χ3v) is 5.52. The Morgan fingerprint density at radius 3 is 1.82 bits per heavy atom. The quantitative estimate of drug-likeness (QED) is 0.817. The average molecular weight is 240 g/mol. The molecular formula is C15H32N2. The van der Waals surface area contributed by atoms with Crippen LogP contribution in [0.5, 0.6) is 0 Å². The molecular weight excluding hydrogens is 208 g/mol. The van der Waals surface area contributed by atoms with Gasteiger partial charge in [-0.1, -0.05) is 27.2 Å². The Kier molecular flexibility index (Phi) is 4.65. The van der Waals surface area contributed by atoms with Gasteiger partial charge in [0.2, 0.25) is 0 Å². The lowest BCUT2D eigenvalue weighted by atomic mass is 9.66. The number of nitrogens with zero attached hydrogens (tertiary/aromatic N) is 1. The molecule has 17 heavy (non-hydrogen) atoms. The first kappa shape index (κ1) is 15.0. The van der Waals surface area contributed by atoms with Gasteiger partial charge in [0.1, 0.15) is 0 Å². The zero-order valence-electron chi connectivity index (χ0n) is 12.7. The summed E-state index contributed by atoms with van der Waals surface area (Å²) in [5.41, 5.74) is 6.61. The normalized spacial score (nSPS) is 23.5. The molecule has 0 aromatic carbocycles. The Labute approximate surface area is 108 Å². The number of rotatable bonds is 4. The highest BCUT2D eigenvalue weighted by Gasteiger charge is 2.42. The molecule has 0 spiro atoms. The maximum atomic E-state index is 6.18. The van der Waals surface area contributed by atoms with E-state index in [1.54, 1.807) is 0 Å². The summed E-state index contributed by atoms with van der Waals surface area (Å²) in [6.07, 6.45) is 4.11. The summed E-state index contributed by atoms with van der Waals surface area (Å²) in [7, 11) is 0. The van der Waals surface area contributed by atoms with Crippen LogP contribution in [0.15, 0.2) is 0 Å². The number of nitrogens with two attached hydrogens (primary N) is 1. The van der Waals surface area contributed by atoms with Crippen molar-refractivity contribution in [2.75, 3.05) is 13.1 Å². The van der Waals surface area contributed by atoms with E-state index >= 15 is 0 Å². The van der Waals surface area contributed by atoms with E-state index in [9.17, 15) is 0 Å². The van der Waals surface area contributed by atoms with Crippen molar-refractivity contribution in [3.05, 3.63) is 0 Å². The van der Waals surface area contributed by atoms with Crippen LogP contribution in [0.3, 0.4) is 0 Å². The minimum Gasteiger partial charge on any atom is -0.327 e. The topological polar surface area (TPSA) is 29.3 Å². The molecule has 0 amide bonds. The van der Waals surface area contributed by atoms with Gasteiger partial charge in [0.15, 0.2) is 0 Å². The first-order valence-corrected chi connectivity index (χ1v) is 7.21. The van der Waals surface area contributed by atoms with Gasteiger partial charge in [-0.15, -0.1) is 0 Å². The molecule has 1 heterocycles. The minimum atomic E-state index is 0.181. The third kappa shape index (κ3) is 3.03. The summed E-state index contributed by atoms with van der Waals surface area (Å²) in [5.74, 6) is 0.591. The molecule has 2 N–H and O–H groups in total. The van der Waals surface area contributed by atoms with Crippen LogP contribution in [0.1, 0.15) is 60.8 Å². The van der Waals surface area contributed by atoms with E-state index in [1.807, 2.05) is 0 Å². The van der Waals surface area contributed by atoms with Crippen LogP contribution in [-0.4, -0.2) is 29.6 Å². The molecule has 0 bridgehead atoms. The van der Waals surface area contributed by atoms with Gasteiger partial charge in [-0.25, -0.2) is 0 Å².